The Morgan fingerprint density at radius 1 is 1.43 bits per heavy atom. The van der Waals surface area contributed by atoms with E-state index >= 15 is 0 Å². The monoisotopic (exact) mass is 299 g/mol. The Kier molecular flexibility index (Phi) is 6.47. The van der Waals surface area contributed by atoms with Gasteiger partial charge in [-0.1, -0.05) is 6.92 Å². The number of piperidine rings is 1. The van der Waals surface area contributed by atoms with Gasteiger partial charge in [0.2, 0.25) is 0 Å². The lowest BCUT2D eigenvalue weighted by Crippen LogP contribution is -2.58. The number of likely N-dealkylation sites (tertiary alicyclic amines) is 1. The minimum atomic E-state index is -0.476. The van der Waals surface area contributed by atoms with Crippen LogP contribution >= 0.6 is 0 Å². The molecule has 0 bridgehead atoms. The van der Waals surface area contributed by atoms with Gasteiger partial charge in [0.15, 0.2) is 0 Å². The van der Waals surface area contributed by atoms with Crippen LogP contribution in [0.2, 0.25) is 0 Å². The van der Waals surface area contributed by atoms with E-state index in [-0.39, 0.29) is 18.2 Å². The molecule has 124 valence electrons. The SMILES string of the molecule is CC1CCN(C(CN)C(C)NC(=O)OC(C)(C)C)C(C)C1. The van der Waals surface area contributed by atoms with Crippen molar-refractivity contribution in [1.82, 2.24) is 10.2 Å². The van der Waals surface area contributed by atoms with Crippen LogP contribution in [-0.4, -0.2) is 47.8 Å². The van der Waals surface area contributed by atoms with E-state index in [0.717, 1.165) is 12.5 Å². The fraction of sp³-hybridized carbons (Fsp3) is 0.938. The summed E-state index contributed by atoms with van der Waals surface area (Å²) in [5.41, 5.74) is 5.49. The van der Waals surface area contributed by atoms with E-state index in [0.29, 0.717) is 12.6 Å². The van der Waals surface area contributed by atoms with Crippen molar-refractivity contribution in [2.24, 2.45) is 11.7 Å². The Balaban J connectivity index is 2.60. The number of carbonyl (C=O) groups excluding carboxylic acids is 1. The number of rotatable bonds is 4. The molecule has 0 aromatic heterocycles. The quantitative estimate of drug-likeness (QED) is 0.836. The Bertz CT molecular complexity index is 341. The normalized spacial score (nSPS) is 27.0. The molecule has 0 aromatic carbocycles. The summed E-state index contributed by atoms with van der Waals surface area (Å²) in [4.78, 5) is 14.3. The number of alkyl carbamates (subject to hydrolysis) is 1. The molecule has 0 aliphatic carbocycles. The first kappa shape index (κ1) is 18.2. The van der Waals surface area contributed by atoms with Crippen LogP contribution in [0.4, 0.5) is 4.79 Å². The van der Waals surface area contributed by atoms with Crippen molar-refractivity contribution in [1.29, 1.82) is 0 Å². The Hall–Kier alpha value is -0.810. The molecule has 4 unspecified atom stereocenters. The predicted molar refractivity (Wildman–Crippen MR) is 86.2 cm³/mol. The Morgan fingerprint density at radius 2 is 2.05 bits per heavy atom. The first-order chi connectivity index (χ1) is 9.64. The van der Waals surface area contributed by atoms with Crippen LogP contribution in [-0.2, 0) is 4.74 Å². The molecule has 0 saturated carbocycles. The van der Waals surface area contributed by atoms with Crippen LogP contribution in [0, 0.1) is 5.92 Å². The lowest BCUT2D eigenvalue weighted by atomic mass is 9.91. The summed E-state index contributed by atoms with van der Waals surface area (Å²) in [5.74, 6) is 0.767. The Morgan fingerprint density at radius 3 is 2.52 bits per heavy atom. The molecule has 0 radical (unpaired) electrons. The van der Waals surface area contributed by atoms with Crippen molar-refractivity contribution < 1.29 is 9.53 Å². The van der Waals surface area contributed by atoms with Crippen LogP contribution in [0.15, 0.2) is 0 Å². The van der Waals surface area contributed by atoms with Gasteiger partial charge in [0.25, 0.3) is 0 Å². The zero-order valence-electron chi connectivity index (χ0n) is 14.5. The van der Waals surface area contributed by atoms with Crippen molar-refractivity contribution in [2.75, 3.05) is 13.1 Å². The maximum absolute atomic E-state index is 11.9. The van der Waals surface area contributed by atoms with Crippen LogP contribution in [0.25, 0.3) is 0 Å². The average Bonchev–Trinajstić information content (AvgIpc) is 2.30. The van der Waals surface area contributed by atoms with E-state index in [1.165, 1.54) is 12.8 Å². The summed E-state index contributed by atoms with van der Waals surface area (Å²) in [5, 5.41) is 2.93. The second-order valence-corrected chi connectivity index (χ2v) is 7.45. The molecule has 1 rings (SSSR count). The summed E-state index contributed by atoms with van der Waals surface area (Å²) >= 11 is 0. The second-order valence-electron chi connectivity index (χ2n) is 7.45. The summed E-state index contributed by atoms with van der Waals surface area (Å²) in [7, 11) is 0. The van der Waals surface area contributed by atoms with Gasteiger partial charge in [0, 0.05) is 24.7 Å². The second kappa shape index (κ2) is 7.45. The van der Waals surface area contributed by atoms with Crippen molar-refractivity contribution in [3.8, 4) is 0 Å². The van der Waals surface area contributed by atoms with E-state index in [2.05, 4.69) is 24.1 Å². The van der Waals surface area contributed by atoms with E-state index in [1.807, 2.05) is 27.7 Å². The summed E-state index contributed by atoms with van der Waals surface area (Å²) in [6.45, 7) is 13.7. The smallest absolute Gasteiger partial charge is 0.407 e. The molecule has 3 N–H and O–H groups in total. The molecular weight excluding hydrogens is 266 g/mol. The molecular formula is C16H33N3O2. The van der Waals surface area contributed by atoms with Crippen molar-refractivity contribution in [2.45, 2.75) is 78.1 Å². The molecule has 0 aromatic rings. The topological polar surface area (TPSA) is 67.6 Å². The molecule has 5 nitrogen and oxygen atoms in total. The van der Waals surface area contributed by atoms with Gasteiger partial charge in [-0.25, -0.2) is 4.79 Å². The molecule has 5 heteroatoms. The minimum Gasteiger partial charge on any atom is -0.444 e. The highest BCUT2D eigenvalue weighted by Crippen LogP contribution is 2.24. The lowest BCUT2D eigenvalue weighted by Gasteiger charge is -2.43. The highest BCUT2D eigenvalue weighted by atomic mass is 16.6. The lowest BCUT2D eigenvalue weighted by molar-refractivity contribution is 0.0387. The summed E-state index contributed by atoms with van der Waals surface area (Å²) in [6, 6.07) is 0.630. The van der Waals surface area contributed by atoms with Crippen molar-refractivity contribution >= 4 is 6.09 Å². The number of hydrogen-bond donors (Lipinski definition) is 2. The molecule has 1 saturated heterocycles. The third-order valence-corrected chi connectivity index (χ3v) is 4.18. The highest BCUT2D eigenvalue weighted by Gasteiger charge is 2.32. The van der Waals surface area contributed by atoms with Gasteiger partial charge in [-0.3, -0.25) is 4.90 Å². The van der Waals surface area contributed by atoms with E-state index in [9.17, 15) is 4.79 Å². The number of ether oxygens (including phenoxy) is 1. The molecule has 1 fully saturated rings. The predicted octanol–water partition coefficient (Wildman–Crippen LogP) is 2.35. The van der Waals surface area contributed by atoms with Crippen molar-refractivity contribution in [3.63, 3.8) is 0 Å². The van der Waals surface area contributed by atoms with Crippen LogP contribution < -0.4 is 11.1 Å². The van der Waals surface area contributed by atoms with Crippen LogP contribution in [0.1, 0.15) is 54.4 Å². The largest absolute Gasteiger partial charge is 0.444 e. The number of carbonyl (C=O) groups is 1. The molecule has 1 heterocycles. The fourth-order valence-corrected chi connectivity index (χ4v) is 3.13. The fourth-order valence-electron chi connectivity index (χ4n) is 3.13. The van der Waals surface area contributed by atoms with Gasteiger partial charge in [0.1, 0.15) is 5.60 Å². The van der Waals surface area contributed by atoms with E-state index in [4.69, 9.17) is 10.5 Å². The van der Waals surface area contributed by atoms with Crippen LogP contribution in [0.3, 0.4) is 0 Å². The molecule has 1 aliphatic rings. The molecule has 0 spiro atoms. The van der Waals surface area contributed by atoms with Crippen molar-refractivity contribution in [3.05, 3.63) is 0 Å². The average molecular weight is 299 g/mol. The third-order valence-electron chi connectivity index (χ3n) is 4.18. The number of hydrogen-bond acceptors (Lipinski definition) is 4. The Labute approximate surface area is 129 Å². The van der Waals surface area contributed by atoms with Gasteiger partial charge < -0.3 is 15.8 Å². The highest BCUT2D eigenvalue weighted by molar-refractivity contribution is 5.68. The van der Waals surface area contributed by atoms with E-state index < -0.39 is 5.60 Å². The number of amides is 1. The number of nitrogens with two attached hydrogens (primary N) is 1. The summed E-state index contributed by atoms with van der Waals surface area (Å²) in [6.07, 6.45) is 2.02. The van der Waals surface area contributed by atoms with E-state index in [1.54, 1.807) is 0 Å². The molecule has 4 atom stereocenters. The van der Waals surface area contributed by atoms with Crippen LogP contribution in [0.5, 0.6) is 0 Å². The first-order valence-corrected chi connectivity index (χ1v) is 8.09. The van der Waals surface area contributed by atoms with Gasteiger partial charge in [-0.05, 0) is 59.9 Å². The third kappa shape index (κ3) is 5.83. The zero-order valence-corrected chi connectivity index (χ0v) is 14.5. The maximum atomic E-state index is 11.9. The minimum absolute atomic E-state index is 0.0271. The molecule has 1 aliphatic heterocycles. The standard InChI is InChI=1S/C16H33N3O2/c1-11-7-8-19(12(2)9-11)14(10-17)13(3)18-15(20)21-16(4,5)6/h11-14H,7-10,17H2,1-6H3,(H,18,20). The zero-order chi connectivity index (χ0) is 16.2. The number of nitrogens with one attached hydrogen (secondary N) is 1. The van der Waals surface area contributed by atoms with Gasteiger partial charge in [-0.2, -0.15) is 0 Å². The van der Waals surface area contributed by atoms with Gasteiger partial charge in [-0.15, -0.1) is 0 Å². The van der Waals surface area contributed by atoms with Gasteiger partial charge in [0.05, 0.1) is 0 Å². The van der Waals surface area contributed by atoms with Gasteiger partial charge >= 0.3 is 6.09 Å². The maximum Gasteiger partial charge on any atom is 0.407 e. The molecule has 1 amide bonds. The summed E-state index contributed by atoms with van der Waals surface area (Å²) < 4.78 is 5.32. The molecule has 21 heavy (non-hydrogen) atoms. The number of nitrogens with zero attached hydrogens (tertiary/aromatic N) is 1. The first-order valence-electron chi connectivity index (χ1n) is 8.09.